The van der Waals surface area contributed by atoms with E-state index in [1.54, 1.807) is 0 Å². The molecule has 0 spiro atoms. The van der Waals surface area contributed by atoms with Crippen LogP contribution in [-0.4, -0.2) is 23.4 Å². The van der Waals surface area contributed by atoms with E-state index in [2.05, 4.69) is 27.7 Å². The van der Waals surface area contributed by atoms with Gasteiger partial charge in [0.15, 0.2) is 0 Å². The Kier molecular flexibility index (Phi) is 5.40. The molecule has 1 unspecified atom stereocenters. The van der Waals surface area contributed by atoms with Crippen molar-refractivity contribution in [1.82, 2.24) is 4.90 Å². The summed E-state index contributed by atoms with van der Waals surface area (Å²) >= 11 is 0. The molecule has 0 aromatic heterocycles. The third-order valence-electron chi connectivity index (χ3n) is 3.25. The molecule has 0 heterocycles. The second-order valence-corrected chi connectivity index (χ2v) is 5.87. The Bertz CT molecular complexity index is 427. The molecule has 0 aliphatic rings. The Balaban J connectivity index is 2.90. The van der Waals surface area contributed by atoms with Crippen molar-refractivity contribution >= 4 is 11.6 Å². The van der Waals surface area contributed by atoms with Gasteiger partial charge in [-0.2, -0.15) is 0 Å². The molecule has 0 aliphatic carbocycles. The molecule has 106 valence electrons. The van der Waals surface area contributed by atoms with Crippen LogP contribution in [0.2, 0.25) is 0 Å². The summed E-state index contributed by atoms with van der Waals surface area (Å²) in [5, 5.41) is 0. The third kappa shape index (κ3) is 4.27. The first-order valence-corrected chi connectivity index (χ1v) is 6.98. The van der Waals surface area contributed by atoms with Crippen LogP contribution in [0.3, 0.4) is 0 Å². The van der Waals surface area contributed by atoms with E-state index >= 15 is 0 Å². The van der Waals surface area contributed by atoms with Crippen LogP contribution in [0.25, 0.3) is 0 Å². The fourth-order valence-electron chi connectivity index (χ4n) is 2.17. The first-order chi connectivity index (χ1) is 8.82. The van der Waals surface area contributed by atoms with Gasteiger partial charge in [-0.1, -0.05) is 26.0 Å². The van der Waals surface area contributed by atoms with Gasteiger partial charge in [-0.25, -0.2) is 0 Å². The number of benzene rings is 1. The molecule has 0 aliphatic heterocycles. The number of anilines is 1. The van der Waals surface area contributed by atoms with Crippen molar-refractivity contribution in [2.45, 2.75) is 46.6 Å². The van der Waals surface area contributed by atoms with Crippen LogP contribution >= 0.6 is 0 Å². The number of carbonyl (C=O) groups is 1. The predicted molar refractivity (Wildman–Crippen MR) is 81.0 cm³/mol. The molecule has 1 aromatic carbocycles. The highest BCUT2D eigenvalue weighted by Crippen LogP contribution is 2.21. The summed E-state index contributed by atoms with van der Waals surface area (Å²) in [5.74, 6) is 0.498. The Hall–Kier alpha value is -1.51. The highest BCUT2D eigenvalue weighted by atomic mass is 16.2. The number of hydrogen-bond donors (Lipinski definition) is 1. The zero-order valence-corrected chi connectivity index (χ0v) is 12.7. The highest BCUT2D eigenvalue weighted by molar-refractivity contribution is 5.83. The third-order valence-corrected chi connectivity index (χ3v) is 3.25. The molecular weight excluding hydrogens is 236 g/mol. The number of amides is 1. The summed E-state index contributed by atoms with van der Waals surface area (Å²) in [7, 11) is 0. The lowest BCUT2D eigenvalue weighted by atomic mass is 9.98. The molecule has 1 amide bonds. The first-order valence-electron chi connectivity index (χ1n) is 6.98. The molecule has 0 saturated carbocycles. The number of nitrogens with zero attached hydrogens (tertiary/aromatic N) is 1. The Morgan fingerprint density at radius 2 is 1.84 bits per heavy atom. The molecule has 3 nitrogen and oxygen atoms in total. The largest absolute Gasteiger partial charge is 0.399 e. The number of nitrogens with two attached hydrogens (primary N) is 1. The number of hydrogen-bond acceptors (Lipinski definition) is 2. The quantitative estimate of drug-likeness (QED) is 0.828. The van der Waals surface area contributed by atoms with Crippen molar-refractivity contribution in [1.29, 1.82) is 0 Å². The summed E-state index contributed by atoms with van der Waals surface area (Å²) in [5.41, 5.74) is 7.48. The fraction of sp³-hybridized carbons (Fsp3) is 0.562. The first kappa shape index (κ1) is 15.5. The van der Waals surface area contributed by atoms with E-state index in [-0.39, 0.29) is 17.9 Å². The summed E-state index contributed by atoms with van der Waals surface area (Å²) < 4.78 is 0. The van der Waals surface area contributed by atoms with Gasteiger partial charge in [-0.15, -0.1) is 0 Å². The van der Waals surface area contributed by atoms with E-state index in [0.29, 0.717) is 11.6 Å². The van der Waals surface area contributed by atoms with Gasteiger partial charge in [0, 0.05) is 18.3 Å². The molecule has 1 aromatic rings. The van der Waals surface area contributed by atoms with E-state index in [1.165, 1.54) is 0 Å². The fourth-order valence-corrected chi connectivity index (χ4v) is 2.17. The molecule has 0 radical (unpaired) electrons. The normalized spacial score (nSPS) is 12.8. The van der Waals surface area contributed by atoms with Crippen LogP contribution < -0.4 is 5.73 Å². The van der Waals surface area contributed by atoms with Crippen molar-refractivity contribution < 1.29 is 4.79 Å². The Morgan fingerprint density at radius 1 is 1.21 bits per heavy atom. The lowest BCUT2D eigenvalue weighted by Gasteiger charge is -2.31. The smallest absolute Gasteiger partial charge is 0.230 e. The van der Waals surface area contributed by atoms with Crippen LogP contribution in [0.4, 0.5) is 5.69 Å². The minimum absolute atomic E-state index is 0.148. The topological polar surface area (TPSA) is 46.3 Å². The molecule has 0 bridgehead atoms. The van der Waals surface area contributed by atoms with Crippen molar-refractivity contribution in [3.63, 3.8) is 0 Å². The summed E-state index contributed by atoms with van der Waals surface area (Å²) in [4.78, 5) is 14.6. The van der Waals surface area contributed by atoms with Crippen LogP contribution in [-0.2, 0) is 4.79 Å². The van der Waals surface area contributed by atoms with Crippen LogP contribution in [0.5, 0.6) is 0 Å². The number of carbonyl (C=O) groups excluding carboxylic acids is 1. The lowest BCUT2D eigenvalue weighted by Crippen LogP contribution is -2.41. The van der Waals surface area contributed by atoms with Crippen molar-refractivity contribution in [2.75, 3.05) is 12.3 Å². The zero-order chi connectivity index (χ0) is 14.6. The van der Waals surface area contributed by atoms with Gasteiger partial charge in [-0.05, 0) is 44.4 Å². The maximum absolute atomic E-state index is 12.6. The second-order valence-electron chi connectivity index (χ2n) is 5.87. The minimum atomic E-state index is -0.148. The van der Waals surface area contributed by atoms with Gasteiger partial charge < -0.3 is 10.6 Å². The summed E-state index contributed by atoms with van der Waals surface area (Å²) in [6.07, 6.45) is 0. The van der Waals surface area contributed by atoms with Crippen LogP contribution in [0.15, 0.2) is 24.3 Å². The monoisotopic (exact) mass is 262 g/mol. The van der Waals surface area contributed by atoms with Gasteiger partial charge in [0.25, 0.3) is 0 Å². The predicted octanol–water partition coefficient (Wildman–Crippen LogP) is 3.27. The van der Waals surface area contributed by atoms with Crippen LogP contribution in [0, 0.1) is 5.92 Å². The van der Waals surface area contributed by atoms with Gasteiger partial charge in [0.1, 0.15) is 0 Å². The molecule has 0 fully saturated rings. The van der Waals surface area contributed by atoms with E-state index in [9.17, 15) is 4.79 Å². The molecular formula is C16H26N2O. The highest BCUT2D eigenvalue weighted by Gasteiger charge is 2.24. The molecule has 1 atom stereocenters. The molecule has 1 rings (SSSR count). The average molecular weight is 262 g/mol. The van der Waals surface area contributed by atoms with Crippen molar-refractivity contribution in [3.8, 4) is 0 Å². The van der Waals surface area contributed by atoms with Gasteiger partial charge >= 0.3 is 0 Å². The van der Waals surface area contributed by atoms with Crippen molar-refractivity contribution in [3.05, 3.63) is 29.8 Å². The molecule has 0 saturated heterocycles. The molecule has 3 heteroatoms. The van der Waals surface area contributed by atoms with Gasteiger partial charge in [-0.3, -0.25) is 4.79 Å². The molecule has 2 N–H and O–H groups in total. The zero-order valence-electron chi connectivity index (χ0n) is 12.7. The van der Waals surface area contributed by atoms with E-state index in [0.717, 1.165) is 12.1 Å². The van der Waals surface area contributed by atoms with Crippen molar-refractivity contribution in [2.24, 2.45) is 5.92 Å². The average Bonchev–Trinajstić information content (AvgIpc) is 2.33. The Morgan fingerprint density at radius 3 is 2.32 bits per heavy atom. The number of rotatable bonds is 5. The number of nitrogen functional groups attached to an aromatic ring is 1. The second kappa shape index (κ2) is 6.60. The summed E-state index contributed by atoms with van der Waals surface area (Å²) in [6.45, 7) is 11.1. The minimum Gasteiger partial charge on any atom is -0.399 e. The van der Waals surface area contributed by atoms with Gasteiger partial charge in [0.2, 0.25) is 5.91 Å². The van der Waals surface area contributed by atoms with E-state index < -0.39 is 0 Å². The summed E-state index contributed by atoms with van der Waals surface area (Å²) in [6, 6.07) is 7.81. The molecule has 19 heavy (non-hydrogen) atoms. The SMILES string of the molecule is CC(C)CN(C(=O)C(C)c1cccc(N)c1)C(C)C. The van der Waals surface area contributed by atoms with E-state index in [1.807, 2.05) is 36.1 Å². The maximum Gasteiger partial charge on any atom is 0.230 e. The standard InChI is InChI=1S/C16H26N2O/c1-11(2)10-18(12(3)4)16(19)13(5)14-7-6-8-15(17)9-14/h6-9,11-13H,10,17H2,1-5H3. The lowest BCUT2D eigenvalue weighted by molar-refractivity contribution is -0.134. The Labute approximate surface area is 116 Å². The maximum atomic E-state index is 12.6. The van der Waals surface area contributed by atoms with E-state index in [4.69, 9.17) is 5.73 Å². The van der Waals surface area contributed by atoms with Gasteiger partial charge in [0.05, 0.1) is 5.92 Å². The van der Waals surface area contributed by atoms with Crippen LogP contribution in [0.1, 0.15) is 46.1 Å².